The molecule has 0 saturated heterocycles. The van der Waals surface area contributed by atoms with Gasteiger partial charge in [-0.2, -0.15) is 0 Å². The van der Waals surface area contributed by atoms with E-state index < -0.39 is 21.4 Å². The number of halogens is 3. The molecule has 0 bridgehead atoms. The van der Waals surface area contributed by atoms with E-state index in [-0.39, 0.29) is 27.7 Å². The molecule has 7 heteroatoms. The van der Waals surface area contributed by atoms with E-state index in [1.54, 1.807) is 6.92 Å². The van der Waals surface area contributed by atoms with Crippen LogP contribution in [-0.4, -0.2) is 21.0 Å². The quantitative estimate of drug-likeness (QED) is 0.776. The summed E-state index contributed by atoms with van der Waals surface area (Å²) in [6, 6.07) is 2.43. The molecule has 1 aromatic carbocycles. The van der Waals surface area contributed by atoms with E-state index >= 15 is 0 Å². The molecule has 3 nitrogen and oxygen atoms in total. The number of aromatic carboxylic acids is 1. The first kappa shape index (κ1) is 18.4. The van der Waals surface area contributed by atoms with Gasteiger partial charge in [-0.1, -0.05) is 50.0 Å². The van der Waals surface area contributed by atoms with E-state index in [2.05, 4.69) is 0 Å². The van der Waals surface area contributed by atoms with Crippen LogP contribution in [0.1, 0.15) is 42.3 Å². The van der Waals surface area contributed by atoms with Gasteiger partial charge in [0.2, 0.25) is 0 Å². The lowest BCUT2D eigenvalue weighted by Gasteiger charge is -2.20. The van der Waals surface area contributed by atoms with E-state index in [0.717, 1.165) is 0 Å². The average molecular weight is 355 g/mol. The van der Waals surface area contributed by atoms with Gasteiger partial charge in [0.05, 0.1) is 21.3 Å². The van der Waals surface area contributed by atoms with Crippen molar-refractivity contribution < 1.29 is 18.5 Å². The largest absolute Gasteiger partial charge is 0.478 e. The van der Waals surface area contributed by atoms with Crippen LogP contribution >= 0.6 is 23.2 Å². The van der Waals surface area contributed by atoms with Gasteiger partial charge in [0.1, 0.15) is 0 Å². The Morgan fingerprint density at radius 3 is 2.38 bits per heavy atom. The molecule has 0 amide bonds. The first-order valence-electron chi connectivity index (χ1n) is 6.44. The molecule has 0 aromatic heterocycles. The third kappa shape index (κ3) is 4.41. The smallest absolute Gasteiger partial charge is 0.336 e. The van der Waals surface area contributed by atoms with Gasteiger partial charge >= 0.3 is 5.97 Å². The summed E-state index contributed by atoms with van der Waals surface area (Å²) < 4.78 is 23.8. The summed E-state index contributed by atoms with van der Waals surface area (Å²) in [5.41, 5.74) is 0.153. The van der Waals surface area contributed by atoms with Crippen LogP contribution in [0.2, 0.25) is 0 Å². The van der Waals surface area contributed by atoms with E-state index in [1.807, 2.05) is 13.8 Å². The minimum Gasteiger partial charge on any atom is -0.478 e. The van der Waals surface area contributed by atoms with Crippen molar-refractivity contribution in [1.82, 2.24) is 0 Å². The Bertz CT molecular complexity index is 568. The Hall–Kier alpha value is -0.650. The van der Waals surface area contributed by atoms with Crippen LogP contribution in [-0.2, 0) is 21.8 Å². The average Bonchev–Trinajstić information content (AvgIpc) is 2.34. The lowest BCUT2D eigenvalue weighted by atomic mass is 10.0. The van der Waals surface area contributed by atoms with Crippen LogP contribution in [0.3, 0.4) is 0 Å². The van der Waals surface area contributed by atoms with Crippen molar-refractivity contribution in [3.63, 3.8) is 0 Å². The summed E-state index contributed by atoms with van der Waals surface area (Å²) in [6.07, 6.45) is 0.290. The van der Waals surface area contributed by atoms with Crippen LogP contribution in [0.5, 0.6) is 0 Å². The molecule has 0 unspecified atom stereocenters. The number of rotatable bonds is 6. The van der Waals surface area contributed by atoms with Crippen LogP contribution in [0.25, 0.3) is 0 Å². The van der Waals surface area contributed by atoms with Crippen molar-refractivity contribution in [2.45, 2.75) is 36.7 Å². The van der Waals surface area contributed by atoms with Gasteiger partial charge < -0.3 is 5.11 Å². The maximum absolute atomic E-state index is 14.0. The lowest BCUT2D eigenvalue weighted by molar-refractivity contribution is 0.0695. The molecule has 0 aliphatic heterocycles. The van der Waals surface area contributed by atoms with Crippen molar-refractivity contribution in [2.75, 3.05) is 5.75 Å². The Kier molecular flexibility index (Phi) is 6.20. The normalized spacial score (nSPS) is 13.5. The molecule has 1 aromatic rings. The van der Waals surface area contributed by atoms with Gasteiger partial charge in [0, 0.05) is 11.3 Å². The number of hydrogen-bond donors (Lipinski definition) is 1. The molecule has 1 atom stereocenters. The zero-order valence-electron chi connectivity index (χ0n) is 12.0. The molecule has 1 N–H and O–H groups in total. The molecule has 0 aliphatic rings. The number of alkyl halides is 3. The highest BCUT2D eigenvalue weighted by molar-refractivity contribution is 7.85. The molecular weight excluding hydrogens is 338 g/mol. The van der Waals surface area contributed by atoms with E-state index in [9.17, 15) is 18.5 Å². The van der Waals surface area contributed by atoms with E-state index in [0.29, 0.717) is 12.0 Å². The molecule has 0 heterocycles. The van der Waals surface area contributed by atoms with Crippen molar-refractivity contribution in [2.24, 2.45) is 5.92 Å². The molecule has 0 aliphatic carbocycles. The highest BCUT2D eigenvalue weighted by Crippen LogP contribution is 2.41. The SMILES string of the molecule is CCc1c(C(=O)O)ccc(C(F)(Cl)Cl)c1[S@](=O)CC(C)C. The third-order valence-corrected chi connectivity index (χ3v) is 5.16. The summed E-state index contributed by atoms with van der Waals surface area (Å²) in [7, 11) is -1.58. The first-order valence-corrected chi connectivity index (χ1v) is 8.51. The minimum atomic E-state index is -2.72. The Labute approximate surface area is 135 Å². The van der Waals surface area contributed by atoms with Gasteiger partial charge in [-0.15, -0.1) is 0 Å². The molecule has 1 rings (SSSR count). The molecule has 0 fully saturated rings. The molecule has 0 spiro atoms. The highest BCUT2D eigenvalue weighted by Gasteiger charge is 2.33. The fourth-order valence-corrected chi connectivity index (χ4v) is 4.23. The zero-order chi connectivity index (χ0) is 16.4. The van der Waals surface area contributed by atoms with Crippen molar-refractivity contribution in [1.29, 1.82) is 0 Å². The minimum absolute atomic E-state index is 0.00839. The van der Waals surface area contributed by atoms with Crippen LogP contribution in [0, 0.1) is 5.92 Å². The zero-order valence-corrected chi connectivity index (χ0v) is 14.3. The summed E-state index contributed by atoms with van der Waals surface area (Å²) in [6.45, 7) is 5.45. The molecule has 0 radical (unpaired) electrons. The molecule has 21 heavy (non-hydrogen) atoms. The van der Waals surface area contributed by atoms with Crippen LogP contribution < -0.4 is 0 Å². The summed E-state index contributed by atoms with van der Waals surface area (Å²) >= 11 is 11.0. The third-order valence-electron chi connectivity index (χ3n) is 2.86. The molecular formula is C14H17Cl2FO3S. The van der Waals surface area contributed by atoms with E-state index in [4.69, 9.17) is 23.2 Å². The number of hydrogen-bond acceptors (Lipinski definition) is 2. The Morgan fingerprint density at radius 1 is 1.43 bits per heavy atom. The number of carboxylic acid groups (broad SMARTS) is 1. The molecule has 0 saturated carbocycles. The summed E-state index contributed by atoms with van der Waals surface area (Å²) in [5.74, 6) is -0.793. The summed E-state index contributed by atoms with van der Waals surface area (Å²) in [5, 5.41) is 9.22. The Balaban J connectivity index is 3.62. The fraction of sp³-hybridized carbons (Fsp3) is 0.500. The number of benzene rings is 1. The topological polar surface area (TPSA) is 54.4 Å². The second-order valence-corrected chi connectivity index (χ2v) is 7.70. The summed E-state index contributed by atoms with van der Waals surface area (Å²) in [4.78, 5) is 11.4. The van der Waals surface area contributed by atoms with Gasteiger partial charge in [-0.25, -0.2) is 9.18 Å². The fourth-order valence-electron chi connectivity index (χ4n) is 2.05. The maximum Gasteiger partial charge on any atom is 0.336 e. The highest BCUT2D eigenvalue weighted by atomic mass is 35.5. The van der Waals surface area contributed by atoms with Crippen LogP contribution in [0.4, 0.5) is 4.39 Å². The van der Waals surface area contributed by atoms with Crippen LogP contribution in [0.15, 0.2) is 17.0 Å². The predicted octanol–water partition coefficient (Wildman–Crippen LogP) is 4.27. The monoisotopic (exact) mass is 354 g/mol. The van der Waals surface area contributed by atoms with Gasteiger partial charge in [-0.3, -0.25) is 4.21 Å². The van der Waals surface area contributed by atoms with E-state index in [1.165, 1.54) is 12.1 Å². The van der Waals surface area contributed by atoms with Crippen molar-refractivity contribution in [3.05, 3.63) is 28.8 Å². The number of carbonyl (C=O) groups is 1. The van der Waals surface area contributed by atoms with Gasteiger partial charge in [0.15, 0.2) is 0 Å². The lowest BCUT2D eigenvalue weighted by Crippen LogP contribution is -2.17. The Morgan fingerprint density at radius 2 is 2.00 bits per heavy atom. The van der Waals surface area contributed by atoms with Gasteiger partial charge in [0.25, 0.3) is 4.59 Å². The van der Waals surface area contributed by atoms with Crippen molar-refractivity contribution >= 4 is 40.0 Å². The second-order valence-electron chi connectivity index (χ2n) is 5.03. The number of carboxylic acids is 1. The predicted molar refractivity (Wildman–Crippen MR) is 83.4 cm³/mol. The van der Waals surface area contributed by atoms with Gasteiger partial charge in [-0.05, 0) is 24.0 Å². The van der Waals surface area contributed by atoms with Crippen molar-refractivity contribution in [3.8, 4) is 0 Å². The first-order chi connectivity index (χ1) is 9.59. The molecule has 118 valence electrons. The standard InChI is InChI=1S/C14H17Cl2FO3S/c1-4-9-10(13(18)19)5-6-11(14(15,16)17)12(9)21(20)7-8(2)3/h5-6,8H,4,7H2,1-3H3,(H,18,19)/t21-/m1/s1. The second kappa shape index (κ2) is 7.07. The maximum atomic E-state index is 14.0.